The Kier molecular flexibility index (Phi) is 6.73. The van der Waals surface area contributed by atoms with Crippen molar-refractivity contribution in [3.8, 4) is 0 Å². The van der Waals surface area contributed by atoms with Crippen molar-refractivity contribution in [3.05, 3.63) is 0 Å². The van der Waals surface area contributed by atoms with Gasteiger partial charge in [0.25, 0.3) is 0 Å². The molecule has 1 aliphatic carbocycles. The minimum atomic E-state index is 0.357. The number of rotatable bonds is 5. The molecule has 0 radical (unpaired) electrons. The minimum absolute atomic E-state index is 0.357. The maximum absolute atomic E-state index is 12.5. The Morgan fingerprint density at radius 2 is 1.73 bits per heavy atom. The minimum Gasteiger partial charge on any atom is -0.341 e. The van der Waals surface area contributed by atoms with Crippen LogP contribution in [-0.2, 0) is 4.79 Å². The zero-order chi connectivity index (χ0) is 16.1. The first-order chi connectivity index (χ1) is 10.5. The lowest BCUT2D eigenvalue weighted by atomic mass is 9.84. The van der Waals surface area contributed by atoms with E-state index in [4.69, 9.17) is 0 Å². The van der Waals surface area contributed by atoms with Crippen LogP contribution in [0.15, 0.2) is 0 Å². The molecule has 1 saturated heterocycles. The lowest BCUT2D eigenvalue weighted by Gasteiger charge is -2.42. The fourth-order valence-corrected chi connectivity index (χ4v) is 4.03. The largest absolute Gasteiger partial charge is 0.341 e. The van der Waals surface area contributed by atoms with Crippen LogP contribution in [0.1, 0.15) is 72.6 Å². The first kappa shape index (κ1) is 17.8. The van der Waals surface area contributed by atoms with E-state index in [1.54, 1.807) is 0 Å². The van der Waals surface area contributed by atoms with Crippen molar-refractivity contribution >= 4 is 5.91 Å². The van der Waals surface area contributed by atoms with E-state index in [0.29, 0.717) is 42.2 Å². The zero-order valence-corrected chi connectivity index (χ0v) is 15.1. The molecule has 2 rings (SSSR count). The molecule has 2 aliphatic rings. The summed E-state index contributed by atoms with van der Waals surface area (Å²) in [5, 5.41) is 3.89. The maximum Gasteiger partial charge on any atom is 0.222 e. The van der Waals surface area contributed by atoms with E-state index in [2.05, 4.69) is 37.9 Å². The quantitative estimate of drug-likeness (QED) is 0.837. The second kappa shape index (κ2) is 8.33. The summed E-state index contributed by atoms with van der Waals surface area (Å²) in [6.45, 7) is 10.8. The highest BCUT2D eigenvalue weighted by atomic mass is 16.2. The molecule has 1 aliphatic heterocycles. The molecule has 2 fully saturated rings. The number of nitrogens with one attached hydrogen (secondary N) is 1. The molecule has 0 spiro atoms. The van der Waals surface area contributed by atoms with E-state index in [9.17, 15) is 4.79 Å². The van der Waals surface area contributed by atoms with Crippen molar-refractivity contribution in [2.75, 3.05) is 13.1 Å². The molecule has 1 N–H and O–H groups in total. The molecule has 128 valence electrons. The van der Waals surface area contributed by atoms with Crippen molar-refractivity contribution in [3.63, 3.8) is 0 Å². The van der Waals surface area contributed by atoms with Crippen LogP contribution in [0.25, 0.3) is 0 Å². The third-order valence-corrected chi connectivity index (χ3v) is 5.44. The van der Waals surface area contributed by atoms with E-state index in [-0.39, 0.29) is 0 Å². The molecule has 0 aromatic rings. The summed E-state index contributed by atoms with van der Waals surface area (Å²) in [5.74, 6) is 2.11. The molecule has 2 atom stereocenters. The van der Waals surface area contributed by atoms with E-state index < -0.39 is 0 Å². The lowest BCUT2D eigenvalue weighted by molar-refractivity contribution is -0.134. The Morgan fingerprint density at radius 3 is 2.32 bits per heavy atom. The fraction of sp³-hybridized carbons (Fsp3) is 0.947. The highest BCUT2D eigenvalue weighted by molar-refractivity contribution is 5.76. The predicted molar refractivity (Wildman–Crippen MR) is 92.8 cm³/mol. The first-order valence-electron chi connectivity index (χ1n) is 9.49. The van der Waals surface area contributed by atoms with E-state index in [1.165, 1.54) is 38.5 Å². The van der Waals surface area contributed by atoms with Gasteiger partial charge in [0.2, 0.25) is 5.91 Å². The number of amides is 1. The molecule has 3 heteroatoms. The number of piperidine rings is 1. The Hall–Kier alpha value is -0.570. The van der Waals surface area contributed by atoms with Gasteiger partial charge in [-0.05, 0) is 37.0 Å². The van der Waals surface area contributed by atoms with Gasteiger partial charge in [-0.3, -0.25) is 4.79 Å². The zero-order valence-electron chi connectivity index (χ0n) is 15.1. The average Bonchev–Trinajstić information content (AvgIpc) is 2.47. The normalized spacial score (nSPS) is 27.6. The monoisotopic (exact) mass is 308 g/mol. The van der Waals surface area contributed by atoms with Crippen molar-refractivity contribution < 1.29 is 4.79 Å². The van der Waals surface area contributed by atoms with Crippen LogP contribution < -0.4 is 5.32 Å². The van der Waals surface area contributed by atoms with Gasteiger partial charge in [-0.2, -0.15) is 0 Å². The van der Waals surface area contributed by atoms with Crippen molar-refractivity contribution in [2.24, 2.45) is 17.8 Å². The summed E-state index contributed by atoms with van der Waals surface area (Å²) in [5.41, 5.74) is 0. The van der Waals surface area contributed by atoms with Crippen LogP contribution >= 0.6 is 0 Å². The number of likely N-dealkylation sites (tertiary alicyclic amines) is 1. The molecule has 0 aromatic carbocycles. The number of carbonyl (C=O) groups excluding carboxylic acids is 1. The predicted octanol–water partition coefficient (Wildman–Crippen LogP) is 3.83. The van der Waals surface area contributed by atoms with Gasteiger partial charge in [-0.15, -0.1) is 0 Å². The van der Waals surface area contributed by atoms with Gasteiger partial charge >= 0.3 is 0 Å². The van der Waals surface area contributed by atoms with E-state index >= 15 is 0 Å². The molecule has 0 aromatic heterocycles. The summed E-state index contributed by atoms with van der Waals surface area (Å²) in [4.78, 5) is 14.7. The lowest BCUT2D eigenvalue weighted by Crippen LogP contribution is -2.54. The molecule has 1 heterocycles. The third kappa shape index (κ3) is 5.26. The van der Waals surface area contributed by atoms with Gasteiger partial charge in [-0.25, -0.2) is 0 Å². The molecule has 2 unspecified atom stereocenters. The molecule has 1 amide bonds. The standard InChI is InChI=1S/C19H36N2O/c1-14(2)10-19(22)21-12-16(15(3)4)11-18(13-21)20-17-8-6-5-7-9-17/h14-18,20H,5-13H2,1-4H3. The van der Waals surface area contributed by atoms with Gasteiger partial charge in [0.1, 0.15) is 0 Å². The maximum atomic E-state index is 12.5. The van der Waals surface area contributed by atoms with Gasteiger partial charge in [0.15, 0.2) is 0 Å². The molecule has 3 nitrogen and oxygen atoms in total. The van der Waals surface area contributed by atoms with Gasteiger partial charge in [-0.1, -0.05) is 47.0 Å². The summed E-state index contributed by atoms with van der Waals surface area (Å²) in [6.07, 6.45) is 8.71. The topological polar surface area (TPSA) is 32.3 Å². The summed E-state index contributed by atoms with van der Waals surface area (Å²) in [7, 11) is 0. The van der Waals surface area contributed by atoms with Gasteiger partial charge < -0.3 is 10.2 Å². The van der Waals surface area contributed by atoms with Crippen molar-refractivity contribution in [1.82, 2.24) is 10.2 Å². The van der Waals surface area contributed by atoms with Gasteiger partial charge in [0.05, 0.1) is 0 Å². The van der Waals surface area contributed by atoms with Crippen molar-refractivity contribution in [1.29, 1.82) is 0 Å². The summed E-state index contributed by atoms with van der Waals surface area (Å²) < 4.78 is 0. The first-order valence-corrected chi connectivity index (χ1v) is 9.49. The molecule has 22 heavy (non-hydrogen) atoms. The van der Waals surface area contributed by atoms with Crippen LogP contribution in [-0.4, -0.2) is 36.0 Å². The molecular weight excluding hydrogens is 272 g/mol. The Morgan fingerprint density at radius 1 is 1.05 bits per heavy atom. The summed E-state index contributed by atoms with van der Waals surface area (Å²) >= 11 is 0. The summed E-state index contributed by atoms with van der Waals surface area (Å²) in [6, 6.07) is 1.19. The van der Waals surface area contributed by atoms with Crippen LogP contribution in [0, 0.1) is 17.8 Å². The fourth-order valence-electron chi connectivity index (χ4n) is 4.03. The molecule has 1 saturated carbocycles. The Bertz CT molecular complexity index is 347. The van der Waals surface area contributed by atoms with Crippen LogP contribution in [0.4, 0.5) is 0 Å². The molecule has 0 bridgehead atoms. The SMILES string of the molecule is CC(C)CC(=O)N1CC(NC2CCCCC2)CC(C(C)C)C1. The third-order valence-electron chi connectivity index (χ3n) is 5.44. The highest BCUT2D eigenvalue weighted by Gasteiger charge is 2.32. The van der Waals surface area contributed by atoms with Gasteiger partial charge in [0, 0.05) is 31.6 Å². The number of hydrogen-bond acceptors (Lipinski definition) is 2. The van der Waals surface area contributed by atoms with Crippen LogP contribution in [0.3, 0.4) is 0 Å². The highest BCUT2D eigenvalue weighted by Crippen LogP contribution is 2.26. The Balaban J connectivity index is 1.94. The van der Waals surface area contributed by atoms with Crippen molar-refractivity contribution in [2.45, 2.75) is 84.7 Å². The average molecular weight is 309 g/mol. The molecular formula is C19H36N2O. The number of hydrogen-bond donors (Lipinski definition) is 1. The number of nitrogens with zero attached hydrogens (tertiary/aromatic N) is 1. The number of carbonyl (C=O) groups is 1. The Labute approximate surface area is 137 Å². The second-order valence-corrected chi connectivity index (χ2v) is 8.34. The smallest absolute Gasteiger partial charge is 0.222 e. The van der Waals surface area contributed by atoms with Crippen LogP contribution in [0.5, 0.6) is 0 Å². The van der Waals surface area contributed by atoms with E-state index in [1.807, 2.05) is 0 Å². The second-order valence-electron chi connectivity index (χ2n) is 8.34. The van der Waals surface area contributed by atoms with Crippen LogP contribution in [0.2, 0.25) is 0 Å². The van der Waals surface area contributed by atoms with E-state index in [0.717, 1.165) is 13.1 Å².